The van der Waals surface area contributed by atoms with Gasteiger partial charge in [-0.2, -0.15) is 0 Å². The van der Waals surface area contributed by atoms with Crippen LogP contribution in [-0.2, 0) is 28.7 Å². The maximum absolute atomic E-state index is 10.6. The van der Waals surface area contributed by atoms with Gasteiger partial charge in [0.05, 0.1) is 12.5 Å². The molecule has 1 unspecified atom stereocenters. The number of hydrogen-bond donors (Lipinski definition) is 1. The molecular weight excluding hydrogens is 208 g/mol. The predicted octanol–water partition coefficient (Wildman–Crippen LogP) is -1.08. The minimum Gasteiger partial charge on any atom is -0.395 e. The van der Waals surface area contributed by atoms with Crippen molar-refractivity contribution in [2.45, 2.75) is 25.4 Å². The summed E-state index contributed by atoms with van der Waals surface area (Å²) in [5, 5.41) is 9.15. The largest absolute Gasteiger partial charge is 0.395 e. The molecule has 0 saturated heterocycles. The van der Waals surface area contributed by atoms with Crippen molar-refractivity contribution in [1.82, 2.24) is 0 Å². The smallest absolute Gasteiger partial charge is 0.315 e. The molecule has 0 rings (SSSR count). The van der Waals surface area contributed by atoms with Crippen LogP contribution >= 0.6 is 0 Å². The second-order valence-corrected chi connectivity index (χ2v) is 2.57. The average Bonchev–Trinajstić information content (AvgIpc) is 2.15. The number of ether oxygens (including phenoxy) is 2. The highest BCUT2D eigenvalue weighted by Crippen LogP contribution is 2.03. The molecular formula is C8H10O7. The van der Waals surface area contributed by atoms with E-state index >= 15 is 0 Å². The summed E-state index contributed by atoms with van der Waals surface area (Å²) in [7, 11) is 0. The Kier molecular flexibility index (Phi) is 6.73. The molecule has 0 aromatic heterocycles. The maximum Gasteiger partial charge on any atom is 0.315 e. The van der Waals surface area contributed by atoms with Crippen molar-refractivity contribution in [3.05, 3.63) is 0 Å². The molecule has 0 heterocycles. The van der Waals surface area contributed by atoms with Crippen molar-refractivity contribution in [3.63, 3.8) is 0 Å². The summed E-state index contributed by atoms with van der Waals surface area (Å²) in [4.78, 5) is 40.7. The Morgan fingerprint density at radius 3 is 2.20 bits per heavy atom. The molecule has 0 bridgehead atoms. The van der Waals surface area contributed by atoms with Gasteiger partial charge in [0.15, 0.2) is 0 Å². The highest BCUT2D eigenvalue weighted by Gasteiger charge is 2.14. The van der Waals surface area contributed by atoms with E-state index in [9.17, 15) is 19.2 Å². The fraction of sp³-hybridized carbons (Fsp3) is 0.500. The molecule has 0 aliphatic rings. The summed E-state index contributed by atoms with van der Waals surface area (Å²) in [6, 6.07) is 0. The number of aliphatic hydroxyl groups excluding tert-OH is 1. The Morgan fingerprint density at radius 2 is 1.67 bits per heavy atom. The highest BCUT2D eigenvalue weighted by atomic mass is 16.6. The van der Waals surface area contributed by atoms with Crippen molar-refractivity contribution in [3.8, 4) is 0 Å². The van der Waals surface area contributed by atoms with Gasteiger partial charge < -0.3 is 14.6 Å². The van der Waals surface area contributed by atoms with E-state index in [1.165, 1.54) is 0 Å². The first kappa shape index (κ1) is 13.2. The molecule has 0 aromatic carbocycles. The monoisotopic (exact) mass is 218 g/mol. The summed E-state index contributed by atoms with van der Waals surface area (Å²) < 4.78 is 7.86. The lowest BCUT2D eigenvalue weighted by atomic mass is 10.1. The second kappa shape index (κ2) is 7.63. The van der Waals surface area contributed by atoms with Crippen molar-refractivity contribution in [2.24, 2.45) is 0 Å². The van der Waals surface area contributed by atoms with Gasteiger partial charge in [-0.15, -0.1) is 0 Å². The molecule has 0 radical (unpaired) electrons. The SMILES string of the molecule is O=COC(=O)CCC(O)CC(=O)OC=O. The van der Waals surface area contributed by atoms with E-state index in [2.05, 4.69) is 9.47 Å². The Labute approximate surface area is 85.0 Å². The Hall–Kier alpha value is -1.76. The molecule has 0 amide bonds. The van der Waals surface area contributed by atoms with Gasteiger partial charge >= 0.3 is 24.9 Å². The fourth-order valence-electron chi connectivity index (χ4n) is 0.793. The zero-order chi connectivity index (χ0) is 11.7. The van der Waals surface area contributed by atoms with Crippen LogP contribution in [0.5, 0.6) is 0 Å². The molecule has 0 aliphatic heterocycles. The lowest BCUT2D eigenvalue weighted by Crippen LogP contribution is -2.17. The zero-order valence-electron chi connectivity index (χ0n) is 7.75. The molecule has 0 fully saturated rings. The molecule has 0 aliphatic carbocycles. The van der Waals surface area contributed by atoms with E-state index < -0.39 is 24.5 Å². The van der Waals surface area contributed by atoms with Crippen LogP contribution < -0.4 is 0 Å². The Balaban J connectivity index is 3.69. The van der Waals surface area contributed by atoms with Crippen molar-refractivity contribution < 1.29 is 33.8 Å². The maximum atomic E-state index is 10.6. The van der Waals surface area contributed by atoms with Gasteiger partial charge in [0.2, 0.25) is 0 Å². The third-order valence-corrected chi connectivity index (χ3v) is 1.44. The van der Waals surface area contributed by atoms with Crippen LogP contribution in [0.15, 0.2) is 0 Å². The lowest BCUT2D eigenvalue weighted by molar-refractivity contribution is -0.155. The predicted molar refractivity (Wildman–Crippen MR) is 44.2 cm³/mol. The molecule has 0 saturated carbocycles. The van der Waals surface area contributed by atoms with E-state index in [0.717, 1.165) is 0 Å². The van der Waals surface area contributed by atoms with Gasteiger partial charge in [-0.1, -0.05) is 0 Å². The molecule has 7 heteroatoms. The zero-order valence-corrected chi connectivity index (χ0v) is 7.75. The Morgan fingerprint density at radius 1 is 1.13 bits per heavy atom. The van der Waals surface area contributed by atoms with Gasteiger partial charge in [-0.3, -0.25) is 19.2 Å². The third kappa shape index (κ3) is 7.32. The molecule has 7 nitrogen and oxygen atoms in total. The van der Waals surface area contributed by atoms with Crippen molar-refractivity contribution >= 4 is 24.9 Å². The molecule has 1 N–H and O–H groups in total. The standard InChI is InChI=1S/C8H10O7/c9-4-14-7(12)2-1-6(11)3-8(13)15-5-10/h4-6,11H,1-3H2. The lowest BCUT2D eigenvalue weighted by Gasteiger charge is -2.06. The summed E-state index contributed by atoms with van der Waals surface area (Å²) in [5.74, 6) is -1.69. The van der Waals surface area contributed by atoms with Crippen LogP contribution in [0.4, 0.5) is 0 Å². The number of carbonyl (C=O) groups is 4. The van der Waals surface area contributed by atoms with Crippen LogP contribution in [0.25, 0.3) is 0 Å². The summed E-state index contributed by atoms with van der Waals surface area (Å²) in [6.07, 6.45) is -1.76. The normalized spacial score (nSPS) is 11.3. The fourth-order valence-corrected chi connectivity index (χ4v) is 0.793. The summed E-state index contributed by atoms with van der Waals surface area (Å²) in [5.41, 5.74) is 0. The van der Waals surface area contributed by atoms with Crippen LogP contribution in [0.2, 0.25) is 0 Å². The number of esters is 2. The van der Waals surface area contributed by atoms with E-state index in [1.54, 1.807) is 0 Å². The molecule has 15 heavy (non-hydrogen) atoms. The van der Waals surface area contributed by atoms with Gasteiger partial charge in [0.25, 0.3) is 0 Å². The van der Waals surface area contributed by atoms with Crippen molar-refractivity contribution in [1.29, 1.82) is 0 Å². The van der Waals surface area contributed by atoms with E-state index in [1.807, 2.05) is 0 Å². The van der Waals surface area contributed by atoms with Crippen LogP contribution in [0, 0.1) is 0 Å². The molecule has 1 atom stereocenters. The number of aliphatic hydroxyl groups is 1. The number of carbonyl (C=O) groups excluding carboxylic acids is 4. The van der Waals surface area contributed by atoms with Gasteiger partial charge in [0, 0.05) is 6.42 Å². The topological polar surface area (TPSA) is 107 Å². The van der Waals surface area contributed by atoms with Crippen LogP contribution in [0.1, 0.15) is 19.3 Å². The van der Waals surface area contributed by atoms with Gasteiger partial charge in [-0.25, -0.2) is 0 Å². The minimum absolute atomic E-state index is 0.0185. The van der Waals surface area contributed by atoms with E-state index in [4.69, 9.17) is 5.11 Å². The second-order valence-electron chi connectivity index (χ2n) is 2.57. The Bertz CT molecular complexity index is 247. The quantitative estimate of drug-likeness (QED) is 0.329. The third-order valence-electron chi connectivity index (χ3n) is 1.44. The van der Waals surface area contributed by atoms with Gasteiger partial charge in [0.1, 0.15) is 0 Å². The summed E-state index contributed by atoms with van der Waals surface area (Å²) >= 11 is 0. The van der Waals surface area contributed by atoms with Crippen LogP contribution in [0.3, 0.4) is 0 Å². The summed E-state index contributed by atoms with van der Waals surface area (Å²) in [6.45, 7) is -0.0644. The van der Waals surface area contributed by atoms with E-state index in [0.29, 0.717) is 0 Å². The first-order chi connectivity index (χ1) is 7.10. The first-order valence-corrected chi connectivity index (χ1v) is 4.04. The molecule has 84 valence electrons. The van der Waals surface area contributed by atoms with Crippen LogP contribution in [-0.4, -0.2) is 36.1 Å². The first-order valence-electron chi connectivity index (χ1n) is 4.04. The van der Waals surface area contributed by atoms with Crippen molar-refractivity contribution in [2.75, 3.05) is 0 Å². The van der Waals surface area contributed by atoms with E-state index in [-0.39, 0.29) is 25.8 Å². The molecule has 0 aromatic rings. The molecule has 0 spiro atoms. The number of hydrogen-bond acceptors (Lipinski definition) is 7. The van der Waals surface area contributed by atoms with Gasteiger partial charge in [-0.05, 0) is 6.42 Å². The average molecular weight is 218 g/mol. The minimum atomic E-state index is -1.11. The number of rotatable bonds is 7. The highest BCUT2D eigenvalue weighted by molar-refractivity contribution is 5.77.